The van der Waals surface area contributed by atoms with Gasteiger partial charge in [0.1, 0.15) is 11.6 Å². The first-order valence-corrected chi connectivity index (χ1v) is 12.5. The van der Waals surface area contributed by atoms with Crippen molar-refractivity contribution < 1.29 is 8.78 Å². The van der Waals surface area contributed by atoms with E-state index in [-0.39, 0.29) is 11.6 Å². The smallest absolute Gasteiger partial charge is 0.166 e. The fourth-order valence-corrected chi connectivity index (χ4v) is 5.01. The molecule has 39 heavy (non-hydrogen) atoms. The maximum Gasteiger partial charge on any atom is 0.166 e. The van der Waals surface area contributed by atoms with Crippen LogP contribution in [0.5, 0.6) is 0 Å². The molecule has 186 valence electrons. The first kappa shape index (κ1) is 22.9. The molecule has 7 rings (SSSR count). The summed E-state index contributed by atoms with van der Waals surface area (Å²) >= 11 is 0. The third-order valence-electron chi connectivity index (χ3n) is 6.77. The van der Waals surface area contributed by atoms with Crippen molar-refractivity contribution in [2.24, 2.45) is 0 Å². The van der Waals surface area contributed by atoms with Crippen LogP contribution in [0.4, 0.5) is 8.78 Å². The standard InChI is InChI=1S/C33H20F2N4/c34-23-15-17-29-26(19-23)27-20-24(35)16-18-30(27)39(29)28-14-8-7-13-25(28)33-37-31(21-9-3-1-4-10-21)36-32(38-33)22-11-5-2-6-12-22/h1-20H. The van der Waals surface area contributed by atoms with Crippen LogP contribution in [0.1, 0.15) is 0 Å². The lowest BCUT2D eigenvalue weighted by Gasteiger charge is -2.14. The Balaban J connectivity index is 1.52. The van der Waals surface area contributed by atoms with Gasteiger partial charge in [0.25, 0.3) is 0 Å². The molecule has 4 nitrogen and oxygen atoms in total. The summed E-state index contributed by atoms with van der Waals surface area (Å²) in [4.78, 5) is 14.6. The zero-order chi connectivity index (χ0) is 26.3. The van der Waals surface area contributed by atoms with Crippen molar-refractivity contribution in [1.29, 1.82) is 0 Å². The van der Waals surface area contributed by atoms with Gasteiger partial charge in [-0.2, -0.15) is 0 Å². The van der Waals surface area contributed by atoms with Crippen LogP contribution in [-0.4, -0.2) is 19.5 Å². The third-order valence-corrected chi connectivity index (χ3v) is 6.77. The first-order valence-electron chi connectivity index (χ1n) is 12.5. The van der Waals surface area contributed by atoms with E-state index in [0.29, 0.717) is 28.2 Å². The van der Waals surface area contributed by atoms with Crippen LogP contribution in [0.2, 0.25) is 0 Å². The SMILES string of the molecule is Fc1ccc2c(c1)c1cc(F)ccc1n2-c1ccccc1-c1nc(-c2ccccc2)nc(-c2ccccc2)n1. The van der Waals surface area contributed by atoms with Crippen molar-refractivity contribution in [2.75, 3.05) is 0 Å². The highest BCUT2D eigenvalue weighted by Crippen LogP contribution is 2.36. The molecule has 0 saturated heterocycles. The van der Waals surface area contributed by atoms with Crippen molar-refractivity contribution in [3.05, 3.63) is 133 Å². The molecule has 0 aliphatic heterocycles. The summed E-state index contributed by atoms with van der Waals surface area (Å²) < 4.78 is 30.6. The largest absolute Gasteiger partial charge is 0.308 e. The van der Waals surface area contributed by atoms with E-state index in [2.05, 4.69) is 0 Å². The quantitative estimate of drug-likeness (QED) is 0.239. The van der Waals surface area contributed by atoms with E-state index < -0.39 is 0 Å². The molecule has 0 spiro atoms. The summed E-state index contributed by atoms with van der Waals surface area (Å²) in [6, 6.07) is 36.5. The van der Waals surface area contributed by atoms with Crippen molar-refractivity contribution in [1.82, 2.24) is 19.5 Å². The maximum absolute atomic E-state index is 14.3. The third kappa shape index (κ3) is 4.03. The second kappa shape index (κ2) is 9.26. The molecule has 0 bridgehead atoms. The average Bonchev–Trinajstić information content (AvgIpc) is 3.30. The summed E-state index contributed by atoms with van der Waals surface area (Å²) in [7, 11) is 0. The van der Waals surface area contributed by atoms with E-state index in [1.165, 1.54) is 24.3 Å². The molecule has 2 aromatic heterocycles. The number of fused-ring (bicyclic) bond motifs is 3. The average molecular weight is 511 g/mol. The summed E-state index contributed by atoms with van der Waals surface area (Å²) in [6.07, 6.45) is 0. The minimum Gasteiger partial charge on any atom is -0.308 e. The minimum absolute atomic E-state index is 0.378. The highest BCUT2D eigenvalue weighted by atomic mass is 19.1. The Morgan fingerprint density at radius 2 is 0.923 bits per heavy atom. The van der Waals surface area contributed by atoms with Crippen LogP contribution in [0.25, 0.3) is 61.7 Å². The lowest BCUT2D eigenvalue weighted by atomic mass is 10.1. The van der Waals surface area contributed by atoms with Gasteiger partial charge in [0.15, 0.2) is 17.5 Å². The predicted molar refractivity (Wildman–Crippen MR) is 150 cm³/mol. The summed E-state index contributed by atoms with van der Waals surface area (Å²) in [5.41, 5.74) is 4.81. The van der Waals surface area contributed by atoms with Crippen molar-refractivity contribution in [2.45, 2.75) is 0 Å². The molecule has 0 saturated carbocycles. The molecule has 0 aliphatic rings. The predicted octanol–water partition coefficient (Wildman–Crippen LogP) is 8.25. The Kier molecular flexibility index (Phi) is 5.44. The second-order valence-corrected chi connectivity index (χ2v) is 9.21. The Morgan fingerprint density at radius 1 is 0.462 bits per heavy atom. The maximum atomic E-state index is 14.3. The Hall–Kier alpha value is -5.23. The van der Waals surface area contributed by atoms with Crippen LogP contribution >= 0.6 is 0 Å². The summed E-state index contributed by atoms with van der Waals surface area (Å²) in [5, 5.41) is 1.26. The van der Waals surface area contributed by atoms with Gasteiger partial charge < -0.3 is 4.57 Å². The molecule has 0 unspecified atom stereocenters. The summed E-state index contributed by atoms with van der Waals surface area (Å²) in [5.74, 6) is 0.854. The monoisotopic (exact) mass is 510 g/mol. The zero-order valence-electron chi connectivity index (χ0n) is 20.6. The first-order chi connectivity index (χ1) is 19.2. The van der Waals surface area contributed by atoms with Gasteiger partial charge in [-0.1, -0.05) is 72.8 Å². The van der Waals surface area contributed by atoms with Crippen LogP contribution in [0.3, 0.4) is 0 Å². The fourth-order valence-electron chi connectivity index (χ4n) is 5.01. The molecule has 0 aliphatic carbocycles. The molecule has 0 radical (unpaired) electrons. The molecular formula is C33H20F2N4. The van der Waals surface area contributed by atoms with Gasteiger partial charge >= 0.3 is 0 Å². The van der Waals surface area contributed by atoms with Gasteiger partial charge in [-0.3, -0.25) is 0 Å². The zero-order valence-corrected chi connectivity index (χ0v) is 20.6. The number of para-hydroxylation sites is 1. The molecule has 5 aromatic carbocycles. The van der Waals surface area contributed by atoms with E-state index in [0.717, 1.165) is 33.4 Å². The van der Waals surface area contributed by atoms with Crippen molar-refractivity contribution in [3.63, 3.8) is 0 Å². The molecule has 2 heterocycles. The Morgan fingerprint density at radius 3 is 1.46 bits per heavy atom. The Labute approximate surface area is 222 Å². The van der Waals surface area contributed by atoms with Gasteiger partial charge in [0.2, 0.25) is 0 Å². The molecule has 7 aromatic rings. The van der Waals surface area contributed by atoms with Crippen molar-refractivity contribution in [3.8, 4) is 39.9 Å². The molecule has 0 atom stereocenters. The van der Waals surface area contributed by atoms with Crippen LogP contribution < -0.4 is 0 Å². The number of hydrogen-bond acceptors (Lipinski definition) is 3. The van der Waals surface area contributed by atoms with Gasteiger partial charge in [-0.15, -0.1) is 0 Å². The lowest BCUT2D eigenvalue weighted by molar-refractivity contribution is 0.628. The second-order valence-electron chi connectivity index (χ2n) is 9.21. The number of hydrogen-bond donors (Lipinski definition) is 0. The lowest BCUT2D eigenvalue weighted by Crippen LogP contribution is -2.03. The molecule has 0 N–H and O–H groups in total. The van der Waals surface area contributed by atoms with Gasteiger partial charge in [-0.05, 0) is 48.5 Å². The van der Waals surface area contributed by atoms with E-state index in [1.54, 1.807) is 12.1 Å². The highest BCUT2D eigenvalue weighted by molar-refractivity contribution is 6.09. The topological polar surface area (TPSA) is 43.6 Å². The van der Waals surface area contributed by atoms with E-state index in [1.807, 2.05) is 89.5 Å². The van der Waals surface area contributed by atoms with E-state index in [9.17, 15) is 8.78 Å². The van der Waals surface area contributed by atoms with Gasteiger partial charge in [-0.25, -0.2) is 23.7 Å². The Bertz CT molecular complexity index is 1870. The van der Waals surface area contributed by atoms with Gasteiger partial charge in [0.05, 0.1) is 16.7 Å². The number of nitrogens with zero attached hydrogens (tertiary/aromatic N) is 4. The fraction of sp³-hybridized carbons (Fsp3) is 0. The van der Waals surface area contributed by atoms with Crippen LogP contribution in [0.15, 0.2) is 121 Å². The highest BCUT2D eigenvalue weighted by Gasteiger charge is 2.19. The van der Waals surface area contributed by atoms with E-state index >= 15 is 0 Å². The minimum atomic E-state index is -0.378. The molecule has 0 fully saturated rings. The van der Waals surface area contributed by atoms with Gasteiger partial charge in [0, 0.05) is 27.5 Å². The van der Waals surface area contributed by atoms with Crippen molar-refractivity contribution >= 4 is 21.8 Å². The number of halogens is 2. The molecule has 6 heteroatoms. The number of benzene rings is 5. The molecular weight excluding hydrogens is 490 g/mol. The van der Waals surface area contributed by atoms with E-state index in [4.69, 9.17) is 15.0 Å². The summed E-state index contributed by atoms with van der Waals surface area (Å²) in [6.45, 7) is 0. The number of rotatable bonds is 4. The van der Waals surface area contributed by atoms with Crippen LogP contribution in [0, 0.1) is 11.6 Å². The normalized spacial score (nSPS) is 11.3. The number of aromatic nitrogens is 4. The van der Waals surface area contributed by atoms with Crippen LogP contribution in [-0.2, 0) is 0 Å². The molecule has 0 amide bonds.